The van der Waals surface area contributed by atoms with Crippen molar-refractivity contribution in [1.29, 1.82) is 0 Å². The zero-order valence-corrected chi connectivity index (χ0v) is 15.5. The summed E-state index contributed by atoms with van der Waals surface area (Å²) in [5.74, 6) is 1.30. The minimum atomic E-state index is 0.0326. The van der Waals surface area contributed by atoms with Crippen LogP contribution in [0.3, 0.4) is 0 Å². The molecule has 3 aliphatic heterocycles. The van der Waals surface area contributed by atoms with Crippen LogP contribution in [0, 0.1) is 5.92 Å². The van der Waals surface area contributed by atoms with Crippen molar-refractivity contribution in [2.24, 2.45) is 5.92 Å². The highest BCUT2D eigenvalue weighted by Crippen LogP contribution is 2.31. The Morgan fingerprint density at radius 2 is 2.19 bits per heavy atom. The Bertz CT molecular complexity index is 838. The first-order chi connectivity index (χ1) is 13.3. The second-order valence-electron chi connectivity index (χ2n) is 7.74. The van der Waals surface area contributed by atoms with Crippen molar-refractivity contribution in [3.63, 3.8) is 0 Å². The van der Waals surface area contributed by atoms with Gasteiger partial charge in [0, 0.05) is 44.3 Å². The van der Waals surface area contributed by atoms with Crippen molar-refractivity contribution < 1.29 is 9.53 Å². The standard InChI is InChI=1S/C19H26N6O2/c26-18(22-14-2-1-9-27-12-14)13-10-24(11-13)19-15-3-6-20-7-4-16(15)23-17-5-8-21-25(17)19/h5,8,13-14,20H,1-4,6-7,9-12H2,(H,22,26). The number of anilines is 1. The lowest BCUT2D eigenvalue weighted by Gasteiger charge is -2.41. The number of hydrogen-bond donors (Lipinski definition) is 2. The van der Waals surface area contributed by atoms with Crippen LogP contribution in [0.25, 0.3) is 5.65 Å². The lowest BCUT2D eigenvalue weighted by atomic mass is 9.96. The van der Waals surface area contributed by atoms with Crippen LogP contribution in [0.1, 0.15) is 24.1 Å². The Morgan fingerprint density at radius 1 is 1.30 bits per heavy atom. The molecule has 1 amide bonds. The second-order valence-corrected chi connectivity index (χ2v) is 7.74. The molecular formula is C19H26N6O2. The van der Waals surface area contributed by atoms with Crippen molar-refractivity contribution in [2.75, 3.05) is 44.3 Å². The molecule has 0 spiro atoms. The summed E-state index contributed by atoms with van der Waals surface area (Å²) >= 11 is 0. The Hall–Kier alpha value is -2.19. The average Bonchev–Trinajstić information content (AvgIpc) is 2.97. The summed E-state index contributed by atoms with van der Waals surface area (Å²) in [7, 11) is 0. The van der Waals surface area contributed by atoms with Gasteiger partial charge in [-0.05, 0) is 25.8 Å². The van der Waals surface area contributed by atoms with Gasteiger partial charge >= 0.3 is 0 Å². The third-order valence-electron chi connectivity index (χ3n) is 5.84. The normalized spacial score (nSPS) is 23.6. The van der Waals surface area contributed by atoms with Crippen LogP contribution in [0.5, 0.6) is 0 Å². The van der Waals surface area contributed by atoms with E-state index in [4.69, 9.17) is 9.72 Å². The van der Waals surface area contributed by atoms with Crippen molar-refractivity contribution in [3.05, 3.63) is 23.5 Å². The van der Waals surface area contributed by atoms with Crippen LogP contribution < -0.4 is 15.5 Å². The largest absolute Gasteiger partial charge is 0.379 e. The molecule has 1 unspecified atom stereocenters. The molecule has 0 saturated carbocycles. The molecule has 2 N–H and O–H groups in total. The monoisotopic (exact) mass is 370 g/mol. The molecule has 2 aromatic heterocycles. The molecule has 0 radical (unpaired) electrons. The molecule has 1 atom stereocenters. The molecule has 8 heteroatoms. The maximum atomic E-state index is 12.6. The Balaban J connectivity index is 1.34. The van der Waals surface area contributed by atoms with Gasteiger partial charge in [-0.3, -0.25) is 4.79 Å². The number of aromatic nitrogens is 3. The third kappa shape index (κ3) is 3.17. The first kappa shape index (κ1) is 16.9. The maximum Gasteiger partial charge on any atom is 0.226 e. The van der Waals surface area contributed by atoms with Crippen molar-refractivity contribution >= 4 is 17.4 Å². The van der Waals surface area contributed by atoms with Gasteiger partial charge in [-0.2, -0.15) is 9.61 Å². The summed E-state index contributed by atoms with van der Waals surface area (Å²) in [4.78, 5) is 19.7. The van der Waals surface area contributed by atoms with Crippen LogP contribution in [0.15, 0.2) is 12.3 Å². The molecular weight excluding hydrogens is 344 g/mol. The van der Waals surface area contributed by atoms with Crippen LogP contribution in [-0.2, 0) is 22.4 Å². The van der Waals surface area contributed by atoms with E-state index < -0.39 is 0 Å². The quantitative estimate of drug-likeness (QED) is 0.800. The zero-order chi connectivity index (χ0) is 18.2. The van der Waals surface area contributed by atoms with Gasteiger partial charge in [-0.1, -0.05) is 0 Å². The minimum absolute atomic E-state index is 0.0326. The number of amides is 1. The predicted molar refractivity (Wildman–Crippen MR) is 101 cm³/mol. The number of nitrogens with zero attached hydrogens (tertiary/aromatic N) is 4. The highest BCUT2D eigenvalue weighted by molar-refractivity contribution is 5.82. The van der Waals surface area contributed by atoms with Gasteiger partial charge in [-0.25, -0.2) is 4.98 Å². The van der Waals surface area contributed by atoms with Crippen LogP contribution in [0.2, 0.25) is 0 Å². The van der Waals surface area contributed by atoms with E-state index in [9.17, 15) is 4.79 Å². The number of carbonyl (C=O) groups excluding carboxylic acids is 1. The summed E-state index contributed by atoms with van der Waals surface area (Å²) in [5.41, 5.74) is 3.32. The van der Waals surface area contributed by atoms with E-state index in [1.165, 1.54) is 5.56 Å². The van der Waals surface area contributed by atoms with Crippen LogP contribution in [-0.4, -0.2) is 65.9 Å². The van der Waals surface area contributed by atoms with E-state index in [0.29, 0.717) is 6.61 Å². The third-order valence-corrected chi connectivity index (χ3v) is 5.84. The number of carbonyl (C=O) groups is 1. The molecule has 144 valence electrons. The summed E-state index contributed by atoms with van der Waals surface area (Å²) in [5, 5.41) is 11.1. The molecule has 2 aromatic rings. The fourth-order valence-electron chi connectivity index (χ4n) is 4.33. The van der Waals surface area contributed by atoms with Gasteiger partial charge in [0.15, 0.2) is 5.65 Å². The Kier molecular flexibility index (Phi) is 4.45. The smallest absolute Gasteiger partial charge is 0.226 e. The summed E-state index contributed by atoms with van der Waals surface area (Å²) in [6.07, 6.45) is 5.72. The van der Waals surface area contributed by atoms with Crippen molar-refractivity contribution in [2.45, 2.75) is 31.7 Å². The fourth-order valence-corrected chi connectivity index (χ4v) is 4.33. The first-order valence-electron chi connectivity index (χ1n) is 9.99. The molecule has 3 aliphatic rings. The number of fused-ring (bicyclic) bond motifs is 2. The highest BCUT2D eigenvalue weighted by Gasteiger charge is 2.37. The zero-order valence-electron chi connectivity index (χ0n) is 15.5. The highest BCUT2D eigenvalue weighted by atomic mass is 16.5. The van der Waals surface area contributed by atoms with E-state index in [2.05, 4.69) is 20.6 Å². The number of rotatable bonds is 3. The van der Waals surface area contributed by atoms with Crippen LogP contribution >= 0.6 is 0 Å². The molecule has 5 heterocycles. The van der Waals surface area contributed by atoms with E-state index in [1.807, 2.05) is 10.6 Å². The number of ether oxygens (including phenoxy) is 1. The summed E-state index contributed by atoms with van der Waals surface area (Å²) in [6.45, 7) is 4.83. The maximum absolute atomic E-state index is 12.6. The molecule has 2 saturated heterocycles. The van der Waals surface area contributed by atoms with E-state index in [1.54, 1.807) is 6.20 Å². The lowest BCUT2D eigenvalue weighted by molar-refractivity contribution is -0.127. The Morgan fingerprint density at radius 3 is 3.04 bits per heavy atom. The van der Waals surface area contributed by atoms with E-state index in [0.717, 1.165) is 75.6 Å². The number of hydrogen-bond acceptors (Lipinski definition) is 6. The van der Waals surface area contributed by atoms with Gasteiger partial charge in [0.2, 0.25) is 5.91 Å². The lowest BCUT2D eigenvalue weighted by Crippen LogP contribution is -2.56. The predicted octanol–water partition coefficient (Wildman–Crippen LogP) is 0.149. The SMILES string of the molecule is O=C(NC1CCCOC1)C1CN(c2c3c(nc4ccnn24)CCNCC3)C1. The van der Waals surface area contributed by atoms with Crippen LogP contribution in [0.4, 0.5) is 5.82 Å². The van der Waals surface area contributed by atoms with Gasteiger partial charge in [-0.15, -0.1) is 0 Å². The molecule has 0 aromatic carbocycles. The van der Waals surface area contributed by atoms with Crippen molar-refractivity contribution in [1.82, 2.24) is 25.2 Å². The fraction of sp³-hybridized carbons (Fsp3) is 0.632. The van der Waals surface area contributed by atoms with E-state index in [-0.39, 0.29) is 17.9 Å². The van der Waals surface area contributed by atoms with E-state index >= 15 is 0 Å². The van der Waals surface area contributed by atoms with Gasteiger partial charge in [0.1, 0.15) is 5.82 Å². The first-order valence-corrected chi connectivity index (χ1v) is 9.99. The molecule has 8 nitrogen and oxygen atoms in total. The molecule has 5 rings (SSSR count). The molecule has 0 aliphatic carbocycles. The molecule has 2 fully saturated rings. The minimum Gasteiger partial charge on any atom is -0.379 e. The Labute approximate surface area is 158 Å². The van der Waals surface area contributed by atoms with Gasteiger partial charge in [0.05, 0.1) is 30.5 Å². The number of nitrogens with one attached hydrogen (secondary N) is 2. The van der Waals surface area contributed by atoms with Crippen molar-refractivity contribution in [3.8, 4) is 0 Å². The average molecular weight is 370 g/mol. The topological polar surface area (TPSA) is 83.8 Å². The molecule has 0 bridgehead atoms. The molecule has 27 heavy (non-hydrogen) atoms. The second kappa shape index (κ2) is 7.09. The van der Waals surface area contributed by atoms with Gasteiger partial charge < -0.3 is 20.3 Å². The summed E-state index contributed by atoms with van der Waals surface area (Å²) < 4.78 is 7.41. The van der Waals surface area contributed by atoms with Gasteiger partial charge in [0.25, 0.3) is 0 Å². The summed E-state index contributed by atoms with van der Waals surface area (Å²) in [6, 6.07) is 2.12.